The van der Waals surface area contributed by atoms with Gasteiger partial charge in [-0.1, -0.05) is 33.8 Å². The summed E-state index contributed by atoms with van der Waals surface area (Å²) in [4.78, 5) is 14.1. The number of alkyl halides is 1. The topological polar surface area (TPSA) is 20.3 Å². The van der Waals surface area contributed by atoms with E-state index in [9.17, 15) is 4.79 Å². The normalized spacial score (nSPS) is 21.8. The number of carbonyl (C=O) groups excluding carboxylic acids is 1. The van der Waals surface area contributed by atoms with E-state index in [1.807, 2.05) is 4.90 Å². The molecule has 0 aromatic heterocycles. The van der Waals surface area contributed by atoms with E-state index in [1.165, 1.54) is 0 Å². The van der Waals surface area contributed by atoms with Gasteiger partial charge in [0.25, 0.3) is 0 Å². The van der Waals surface area contributed by atoms with Crippen molar-refractivity contribution < 1.29 is 4.79 Å². The molecular weight excluding hydrogens is 258 g/mol. The van der Waals surface area contributed by atoms with Gasteiger partial charge in [-0.3, -0.25) is 4.79 Å². The second-order valence-corrected chi connectivity index (χ2v) is 8.44. The Labute approximate surface area is 123 Å². The van der Waals surface area contributed by atoms with Gasteiger partial charge in [-0.15, -0.1) is 11.6 Å². The Morgan fingerprint density at radius 2 is 1.84 bits per heavy atom. The highest BCUT2D eigenvalue weighted by atomic mass is 35.5. The van der Waals surface area contributed by atoms with E-state index < -0.39 is 0 Å². The quantitative estimate of drug-likeness (QED) is 0.680. The number of halogens is 1. The summed E-state index contributed by atoms with van der Waals surface area (Å²) >= 11 is 5.80. The molecule has 2 nitrogen and oxygen atoms in total. The molecule has 0 saturated heterocycles. The predicted molar refractivity (Wildman–Crippen MR) is 82.2 cm³/mol. The van der Waals surface area contributed by atoms with Crippen LogP contribution in [-0.2, 0) is 4.79 Å². The van der Waals surface area contributed by atoms with Gasteiger partial charge in [0.1, 0.15) is 5.88 Å². The third-order valence-electron chi connectivity index (χ3n) is 3.47. The average Bonchev–Trinajstić information content (AvgIpc) is 2.09. The zero-order valence-electron chi connectivity index (χ0n) is 13.4. The third-order valence-corrected chi connectivity index (χ3v) is 3.70. The van der Waals surface area contributed by atoms with E-state index in [-0.39, 0.29) is 28.2 Å². The smallest absolute Gasteiger partial charge is 0.242 e. The van der Waals surface area contributed by atoms with E-state index in [4.69, 9.17) is 11.6 Å². The maximum Gasteiger partial charge on any atom is 0.242 e. The molecule has 0 fully saturated rings. The summed E-state index contributed by atoms with van der Waals surface area (Å²) in [5.74, 6) is 0.0315. The van der Waals surface area contributed by atoms with Crippen molar-refractivity contribution in [2.45, 2.75) is 66.8 Å². The number of allylic oxidation sites excluding steroid dienone is 2. The van der Waals surface area contributed by atoms with Crippen LogP contribution < -0.4 is 0 Å². The number of carbonyl (C=O) groups is 1. The number of amides is 1. The summed E-state index contributed by atoms with van der Waals surface area (Å²) in [5, 5.41) is 0. The van der Waals surface area contributed by atoms with Crippen molar-refractivity contribution >= 4 is 17.5 Å². The molecule has 0 aromatic rings. The van der Waals surface area contributed by atoms with Crippen molar-refractivity contribution in [1.29, 1.82) is 0 Å². The molecule has 1 amide bonds. The molecular formula is C16H28ClNO. The van der Waals surface area contributed by atoms with Crippen LogP contribution in [0.15, 0.2) is 11.8 Å². The zero-order valence-corrected chi connectivity index (χ0v) is 14.2. The average molecular weight is 286 g/mol. The van der Waals surface area contributed by atoms with Gasteiger partial charge in [0.2, 0.25) is 5.91 Å². The molecule has 0 aliphatic heterocycles. The summed E-state index contributed by atoms with van der Waals surface area (Å²) in [6.45, 7) is 15.2. The van der Waals surface area contributed by atoms with Crippen molar-refractivity contribution in [2.75, 3.05) is 5.88 Å². The third kappa shape index (κ3) is 4.24. The summed E-state index contributed by atoms with van der Waals surface area (Å²) < 4.78 is 0. The largest absolute Gasteiger partial charge is 0.310 e. The maximum absolute atomic E-state index is 12.2. The van der Waals surface area contributed by atoms with Crippen LogP contribution in [0, 0.1) is 10.8 Å². The van der Waals surface area contributed by atoms with Gasteiger partial charge in [0.05, 0.1) is 0 Å². The highest BCUT2D eigenvalue weighted by Crippen LogP contribution is 2.46. The van der Waals surface area contributed by atoms with Gasteiger partial charge >= 0.3 is 0 Å². The standard InChI is InChI=1S/C16H28ClNO/c1-14(2,3)18(13(19)10-17)12-8-15(4,5)11-16(6,7)9-12/h8H,9-11H2,1-7H3. The summed E-state index contributed by atoms with van der Waals surface area (Å²) in [7, 11) is 0. The molecule has 0 radical (unpaired) electrons. The lowest BCUT2D eigenvalue weighted by Gasteiger charge is -2.46. The molecule has 1 aliphatic carbocycles. The van der Waals surface area contributed by atoms with E-state index in [0.717, 1.165) is 18.5 Å². The number of rotatable bonds is 2. The van der Waals surface area contributed by atoms with Crippen LogP contribution in [0.25, 0.3) is 0 Å². The SMILES string of the molecule is CC1(C)C=C(N(C(=O)CCl)C(C)(C)C)CC(C)(C)C1. The van der Waals surface area contributed by atoms with Crippen molar-refractivity contribution in [3.05, 3.63) is 11.8 Å². The highest BCUT2D eigenvalue weighted by Gasteiger charge is 2.38. The van der Waals surface area contributed by atoms with Crippen LogP contribution >= 0.6 is 11.6 Å². The second-order valence-electron chi connectivity index (χ2n) is 8.18. The lowest BCUT2D eigenvalue weighted by atomic mass is 9.67. The van der Waals surface area contributed by atoms with Crippen molar-refractivity contribution in [3.63, 3.8) is 0 Å². The van der Waals surface area contributed by atoms with E-state index in [2.05, 4.69) is 54.5 Å². The molecule has 0 aromatic carbocycles. The number of hydrogen-bond acceptors (Lipinski definition) is 1. The van der Waals surface area contributed by atoms with Crippen molar-refractivity contribution in [1.82, 2.24) is 4.90 Å². The minimum absolute atomic E-state index is 0.00563. The molecule has 0 spiro atoms. The van der Waals surface area contributed by atoms with E-state index in [1.54, 1.807) is 0 Å². The second kappa shape index (κ2) is 5.12. The first kappa shape index (κ1) is 16.6. The van der Waals surface area contributed by atoms with E-state index in [0.29, 0.717) is 0 Å². The minimum Gasteiger partial charge on any atom is -0.310 e. The Kier molecular flexibility index (Phi) is 4.46. The van der Waals surface area contributed by atoms with Crippen LogP contribution in [0.5, 0.6) is 0 Å². The Morgan fingerprint density at radius 3 is 2.21 bits per heavy atom. The monoisotopic (exact) mass is 285 g/mol. The van der Waals surface area contributed by atoms with Crippen LogP contribution in [0.4, 0.5) is 0 Å². The first-order valence-electron chi connectivity index (χ1n) is 6.99. The van der Waals surface area contributed by atoms with E-state index >= 15 is 0 Å². The van der Waals surface area contributed by atoms with Crippen LogP contribution in [0.3, 0.4) is 0 Å². The molecule has 0 heterocycles. The Morgan fingerprint density at radius 1 is 1.32 bits per heavy atom. The molecule has 0 bridgehead atoms. The Bertz CT molecular complexity index is 388. The summed E-state index contributed by atoms with van der Waals surface area (Å²) in [5.41, 5.74) is 1.22. The molecule has 0 atom stereocenters. The first-order chi connectivity index (χ1) is 8.38. The van der Waals surface area contributed by atoms with Crippen LogP contribution in [-0.4, -0.2) is 22.2 Å². The van der Waals surface area contributed by atoms with Crippen LogP contribution in [0.1, 0.15) is 61.3 Å². The lowest BCUT2D eigenvalue weighted by molar-refractivity contribution is -0.131. The fourth-order valence-electron chi connectivity index (χ4n) is 3.51. The zero-order chi connectivity index (χ0) is 15.1. The van der Waals surface area contributed by atoms with Gasteiger partial charge in [-0.05, 0) is 44.4 Å². The van der Waals surface area contributed by atoms with Gasteiger partial charge in [-0.2, -0.15) is 0 Å². The Hall–Kier alpha value is -0.500. The summed E-state index contributed by atoms with van der Waals surface area (Å²) in [6, 6.07) is 0. The van der Waals surface area contributed by atoms with Gasteiger partial charge < -0.3 is 4.90 Å². The van der Waals surface area contributed by atoms with Gasteiger partial charge in [-0.25, -0.2) is 0 Å². The highest BCUT2D eigenvalue weighted by molar-refractivity contribution is 6.27. The molecule has 1 aliphatic rings. The number of hydrogen-bond donors (Lipinski definition) is 0. The molecule has 0 saturated carbocycles. The van der Waals surface area contributed by atoms with Crippen molar-refractivity contribution in [2.24, 2.45) is 10.8 Å². The molecule has 1 rings (SSSR count). The first-order valence-corrected chi connectivity index (χ1v) is 7.52. The molecule has 110 valence electrons. The minimum atomic E-state index is -0.235. The van der Waals surface area contributed by atoms with Gasteiger partial charge in [0, 0.05) is 11.2 Å². The van der Waals surface area contributed by atoms with Gasteiger partial charge in [0.15, 0.2) is 0 Å². The fourth-order valence-corrected chi connectivity index (χ4v) is 3.63. The Balaban J connectivity index is 3.23. The molecule has 3 heteroatoms. The van der Waals surface area contributed by atoms with Crippen LogP contribution in [0.2, 0.25) is 0 Å². The number of nitrogens with zero attached hydrogens (tertiary/aromatic N) is 1. The lowest BCUT2D eigenvalue weighted by Crippen LogP contribution is -2.48. The molecule has 19 heavy (non-hydrogen) atoms. The summed E-state index contributed by atoms with van der Waals surface area (Å²) in [6.07, 6.45) is 4.32. The predicted octanol–water partition coefficient (Wildman–Crippen LogP) is 4.58. The molecule has 0 unspecified atom stereocenters. The molecule has 0 N–H and O–H groups in total. The van der Waals surface area contributed by atoms with Crippen molar-refractivity contribution in [3.8, 4) is 0 Å². The fraction of sp³-hybridized carbons (Fsp3) is 0.812. The maximum atomic E-state index is 12.2.